The summed E-state index contributed by atoms with van der Waals surface area (Å²) in [5, 5.41) is 0. The van der Waals surface area contributed by atoms with Gasteiger partial charge < -0.3 is 10.3 Å². The summed E-state index contributed by atoms with van der Waals surface area (Å²) in [6, 6.07) is 8.55. The minimum Gasteiger partial charge on any atom is -0.331 e. The van der Waals surface area contributed by atoms with Gasteiger partial charge in [0.1, 0.15) is 5.82 Å². The van der Waals surface area contributed by atoms with Crippen molar-refractivity contribution in [1.82, 2.24) is 9.55 Å². The van der Waals surface area contributed by atoms with E-state index < -0.39 is 0 Å². The van der Waals surface area contributed by atoms with Crippen LogP contribution in [-0.4, -0.2) is 15.6 Å². The molecule has 1 heterocycles. The fourth-order valence-electron chi connectivity index (χ4n) is 3.64. The lowest BCUT2D eigenvalue weighted by atomic mass is 9.85. The summed E-state index contributed by atoms with van der Waals surface area (Å²) in [5.74, 6) is 2.04. The van der Waals surface area contributed by atoms with E-state index in [0.717, 1.165) is 30.1 Å². The van der Waals surface area contributed by atoms with E-state index in [1.54, 1.807) is 0 Å². The highest BCUT2D eigenvalue weighted by Gasteiger charge is 2.16. The second-order valence-corrected chi connectivity index (χ2v) is 6.62. The first-order valence-corrected chi connectivity index (χ1v) is 8.40. The van der Waals surface area contributed by atoms with E-state index in [4.69, 9.17) is 10.7 Å². The minimum atomic E-state index is 0.238. The summed E-state index contributed by atoms with van der Waals surface area (Å²) in [5.41, 5.74) is 8.64. The molecule has 1 saturated carbocycles. The van der Waals surface area contributed by atoms with Gasteiger partial charge in [-0.3, -0.25) is 0 Å². The molecular weight excluding hydrogens is 258 g/mol. The Labute approximate surface area is 127 Å². The number of imidazole rings is 1. The largest absolute Gasteiger partial charge is 0.331 e. The molecule has 1 aromatic heterocycles. The van der Waals surface area contributed by atoms with Crippen molar-refractivity contribution in [2.24, 2.45) is 18.7 Å². The molecule has 21 heavy (non-hydrogen) atoms. The average Bonchev–Trinajstić information content (AvgIpc) is 2.83. The Morgan fingerprint density at radius 1 is 1.24 bits per heavy atom. The second kappa shape index (κ2) is 6.61. The summed E-state index contributed by atoms with van der Waals surface area (Å²) < 4.78 is 2.19. The maximum atomic E-state index is 6.36. The zero-order valence-corrected chi connectivity index (χ0v) is 13.1. The van der Waals surface area contributed by atoms with Crippen molar-refractivity contribution >= 4 is 11.0 Å². The number of benzene rings is 1. The normalized spacial score (nSPS) is 18.2. The van der Waals surface area contributed by atoms with Crippen LogP contribution in [0, 0.1) is 5.92 Å². The number of nitrogens with two attached hydrogens (primary N) is 1. The lowest BCUT2D eigenvalue weighted by Gasteiger charge is -2.22. The Balaban J connectivity index is 1.58. The third-order valence-corrected chi connectivity index (χ3v) is 4.99. The smallest absolute Gasteiger partial charge is 0.111 e. The lowest BCUT2D eigenvalue weighted by molar-refractivity contribution is 0.322. The number of aryl methyl sites for hydroxylation is 1. The van der Waals surface area contributed by atoms with Gasteiger partial charge in [-0.25, -0.2) is 4.98 Å². The molecule has 114 valence electrons. The van der Waals surface area contributed by atoms with Gasteiger partial charge in [0.25, 0.3) is 0 Å². The molecule has 2 aromatic rings. The summed E-state index contributed by atoms with van der Waals surface area (Å²) in [7, 11) is 2.10. The van der Waals surface area contributed by atoms with Gasteiger partial charge in [0.05, 0.1) is 11.0 Å². The number of rotatable bonds is 5. The van der Waals surface area contributed by atoms with Gasteiger partial charge in [0.15, 0.2) is 0 Å². The number of para-hydroxylation sites is 2. The van der Waals surface area contributed by atoms with Crippen molar-refractivity contribution in [3.63, 3.8) is 0 Å². The summed E-state index contributed by atoms with van der Waals surface area (Å²) in [6.07, 6.45) is 10.4. The van der Waals surface area contributed by atoms with Gasteiger partial charge in [-0.05, 0) is 30.9 Å². The number of fused-ring (bicyclic) bond motifs is 1. The van der Waals surface area contributed by atoms with Crippen LogP contribution in [-0.2, 0) is 13.5 Å². The maximum absolute atomic E-state index is 6.36. The van der Waals surface area contributed by atoms with Crippen molar-refractivity contribution < 1.29 is 0 Å². The molecule has 0 aliphatic heterocycles. The van der Waals surface area contributed by atoms with E-state index in [-0.39, 0.29) is 6.04 Å². The molecule has 0 radical (unpaired) electrons. The Kier molecular flexibility index (Phi) is 4.59. The first-order valence-electron chi connectivity index (χ1n) is 8.40. The molecule has 1 aliphatic rings. The number of hydrogen-bond acceptors (Lipinski definition) is 2. The highest BCUT2D eigenvalue weighted by molar-refractivity contribution is 5.75. The van der Waals surface area contributed by atoms with E-state index in [1.807, 2.05) is 6.07 Å². The van der Waals surface area contributed by atoms with Crippen molar-refractivity contribution in [1.29, 1.82) is 0 Å². The Hall–Kier alpha value is -1.35. The van der Waals surface area contributed by atoms with E-state index in [2.05, 4.69) is 29.8 Å². The zero-order chi connectivity index (χ0) is 14.7. The molecule has 0 spiro atoms. The molecule has 1 fully saturated rings. The maximum Gasteiger partial charge on any atom is 0.111 e. The van der Waals surface area contributed by atoms with Crippen molar-refractivity contribution in [2.75, 3.05) is 0 Å². The molecule has 2 N–H and O–H groups in total. The van der Waals surface area contributed by atoms with Crippen LogP contribution >= 0.6 is 0 Å². The molecule has 1 atom stereocenters. The van der Waals surface area contributed by atoms with Crippen LogP contribution in [0.25, 0.3) is 11.0 Å². The number of hydrogen-bond donors (Lipinski definition) is 1. The van der Waals surface area contributed by atoms with Crippen molar-refractivity contribution in [3.05, 3.63) is 30.1 Å². The van der Waals surface area contributed by atoms with Crippen LogP contribution in [0.3, 0.4) is 0 Å². The molecule has 3 nitrogen and oxygen atoms in total. The van der Waals surface area contributed by atoms with E-state index in [1.165, 1.54) is 44.0 Å². The summed E-state index contributed by atoms with van der Waals surface area (Å²) in [6.45, 7) is 0. The zero-order valence-electron chi connectivity index (χ0n) is 13.1. The molecule has 3 heteroatoms. The van der Waals surface area contributed by atoms with Crippen LogP contribution in [0.1, 0.15) is 50.8 Å². The Morgan fingerprint density at radius 3 is 2.76 bits per heavy atom. The van der Waals surface area contributed by atoms with Crippen LogP contribution in [0.4, 0.5) is 0 Å². The standard InChI is InChI=1S/C18H27N3/c1-21-17-10-6-5-9-16(17)20-18(21)13-15(19)12-11-14-7-3-2-4-8-14/h5-6,9-10,14-15H,2-4,7-8,11-13,19H2,1H3. The fourth-order valence-corrected chi connectivity index (χ4v) is 3.64. The van der Waals surface area contributed by atoms with E-state index >= 15 is 0 Å². The molecular formula is C18H27N3. The van der Waals surface area contributed by atoms with Gasteiger partial charge in [0, 0.05) is 19.5 Å². The highest BCUT2D eigenvalue weighted by Crippen LogP contribution is 2.28. The molecule has 1 aromatic carbocycles. The van der Waals surface area contributed by atoms with Crippen LogP contribution in [0.2, 0.25) is 0 Å². The van der Waals surface area contributed by atoms with Crippen LogP contribution in [0.15, 0.2) is 24.3 Å². The molecule has 0 bridgehead atoms. The summed E-state index contributed by atoms with van der Waals surface area (Å²) >= 11 is 0. The Morgan fingerprint density at radius 2 is 2.00 bits per heavy atom. The van der Waals surface area contributed by atoms with Gasteiger partial charge in [-0.15, -0.1) is 0 Å². The topological polar surface area (TPSA) is 43.8 Å². The van der Waals surface area contributed by atoms with Gasteiger partial charge in [-0.2, -0.15) is 0 Å². The molecule has 1 aliphatic carbocycles. The lowest BCUT2D eigenvalue weighted by Crippen LogP contribution is -2.25. The first kappa shape index (κ1) is 14.6. The second-order valence-electron chi connectivity index (χ2n) is 6.62. The quantitative estimate of drug-likeness (QED) is 0.908. The third kappa shape index (κ3) is 3.46. The van der Waals surface area contributed by atoms with E-state index in [0.29, 0.717) is 0 Å². The predicted molar refractivity (Wildman–Crippen MR) is 88.2 cm³/mol. The van der Waals surface area contributed by atoms with Crippen molar-refractivity contribution in [2.45, 2.75) is 57.4 Å². The summed E-state index contributed by atoms with van der Waals surface area (Å²) in [4.78, 5) is 4.73. The van der Waals surface area contributed by atoms with Gasteiger partial charge >= 0.3 is 0 Å². The van der Waals surface area contributed by atoms with E-state index in [9.17, 15) is 0 Å². The SMILES string of the molecule is Cn1c(CC(N)CCC2CCCCC2)nc2ccccc21. The molecule has 3 rings (SSSR count). The van der Waals surface area contributed by atoms with Gasteiger partial charge in [0.2, 0.25) is 0 Å². The Bertz CT molecular complexity index is 581. The fraction of sp³-hybridized carbons (Fsp3) is 0.611. The number of nitrogens with zero attached hydrogens (tertiary/aromatic N) is 2. The third-order valence-electron chi connectivity index (χ3n) is 4.99. The monoisotopic (exact) mass is 285 g/mol. The van der Waals surface area contributed by atoms with Crippen LogP contribution < -0.4 is 5.73 Å². The average molecular weight is 285 g/mol. The molecule has 0 saturated heterocycles. The molecule has 1 unspecified atom stereocenters. The first-order chi connectivity index (χ1) is 10.2. The molecule has 0 amide bonds. The van der Waals surface area contributed by atoms with Gasteiger partial charge in [-0.1, -0.05) is 44.2 Å². The highest BCUT2D eigenvalue weighted by atomic mass is 15.1. The van der Waals surface area contributed by atoms with Crippen molar-refractivity contribution in [3.8, 4) is 0 Å². The number of aromatic nitrogens is 2. The van der Waals surface area contributed by atoms with Crippen LogP contribution in [0.5, 0.6) is 0 Å². The predicted octanol–water partition coefficient (Wildman–Crippen LogP) is 3.80. The minimum absolute atomic E-state index is 0.238.